The Morgan fingerprint density at radius 2 is 1.06 bits per heavy atom. The summed E-state index contributed by atoms with van der Waals surface area (Å²) in [6, 6.07) is 19.3. The Bertz CT molecular complexity index is 1210. The van der Waals surface area contributed by atoms with E-state index >= 15 is 0 Å². The lowest BCUT2D eigenvalue weighted by atomic mass is 10.3. The van der Waals surface area contributed by atoms with Gasteiger partial charge in [-0.3, -0.25) is 0 Å². The Balaban J connectivity index is 0.000000191. The zero-order valence-electron chi connectivity index (χ0n) is 17.3. The van der Waals surface area contributed by atoms with Gasteiger partial charge in [0.2, 0.25) is 11.8 Å². The van der Waals surface area contributed by atoms with Crippen molar-refractivity contribution in [2.75, 3.05) is 0 Å². The molecule has 8 nitrogen and oxygen atoms in total. The van der Waals surface area contributed by atoms with Crippen molar-refractivity contribution >= 4 is 35.1 Å². The molecule has 0 aliphatic rings. The van der Waals surface area contributed by atoms with Crippen molar-refractivity contribution in [1.82, 2.24) is 9.97 Å². The molecule has 10 heteroatoms. The molecule has 2 N–H and O–H groups in total. The second-order valence-corrected chi connectivity index (χ2v) is 7.31. The van der Waals surface area contributed by atoms with Crippen LogP contribution >= 0.6 is 23.2 Å². The number of benzene rings is 2. The van der Waals surface area contributed by atoms with E-state index in [1.165, 1.54) is 36.7 Å². The fourth-order valence-corrected chi connectivity index (χ4v) is 2.91. The van der Waals surface area contributed by atoms with Crippen LogP contribution < -0.4 is 9.47 Å². The highest BCUT2D eigenvalue weighted by molar-refractivity contribution is 6.31. The van der Waals surface area contributed by atoms with Crippen LogP contribution in [0.25, 0.3) is 0 Å². The maximum Gasteiger partial charge on any atom is 0.341 e. The molecule has 2 heterocycles. The SMILES string of the molecule is O=C(O)c1cccnc1Oc1cccc(Cl)c1.O=C(O)c1cccnc1Oc1cccc(Cl)c1. The molecule has 4 aromatic rings. The standard InChI is InChI=1S/2C12H8ClNO3/c2*13-8-3-1-4-9(7-8)17-11-10(12(15)16)5-2-6-14-11/h2*1-7H,(H,15,16). The first kappa shape index (κ1) is 24.5. The predicted molar refractivity (Wildman–Crippen MR) is 125 cm³/mol. The van der Waals surface area contributed by atoms with Crippen molar-refractivity contribution in [2.45, 2.75) is 0 Å². The normalized spacial score (nSPS) is 9.94. The number of aromatic nitrogens is 2. The molecule has 0 aliphatic heterocycles. The van der Waals surface area contributed by atoms with Crippen molar-refractivity contribution in [2.24, 2.45) is 0 Å². The third-order valence-corrected chi connectivity index (χ3v) is 4.49. The fourth-order valence-electron chi connectivity index (χ4n) is 2.55. The van der Waals surface area contributed by atoms with E-state index in [-0.39, 0.29) is 22.9 Å². The van der Waals surface area contributed by atoms with Gasteiger partial charge in [0.1, 0.15) is 22.6 Å². The van der Waals surface area contributed by atoms with Gasteiger partial charge >= 0.3 is 11.9 Å². The number of rotatable bonds is 6. The van der Waals surface area contributed by atoms with Crippen LogP contribution in [-0.2, 0) is 0 Å². The first-order valence-corrected chi connectivity index (χ1v) is 10.3. The summed E-state index contributed by atoms with van der Waals surface area (Å²) in [5.74, 6) is -1.20. The molecule has 0 spiro atoms. The number of carbonyl (C=O) groups is 2. The van der Waals surface area contributed by atoms with E-state index < -0.39 is 11.9 Å². The van der Waals surface area contributed by atoms with Gasteiger partial charge in [0, 0.05) is 22.4 Å². The second kappa shape index (κ2) is 11.6. The van der Waals surface area contributed by atoms with Gasteiger partial charge in [-0.05, 0) is 60.7 Å². The number of carboxylic acid groups (broad SMARTS) is 2. The summed E-state index contributed by atoms with van der Waals surface area (Å²) in [4.78, 5) is 29.6. The molecule has 34 heavy (non-hydrogen) atoms. The average Bonchev–Trinajstić information content (AvgIpc) is 2.80. The zero-order chi connectivity index (χ0) is 24.5. The van der Waals surface area contributed by atoms with Crippen LogP contribution in [0.4, 0.5) is 0 Å². The van der Waals surface area contributed by atoms with Crippen LogP contribution in [0.3, 0.4) is 0 Å². The van der Waals surface area contributed by atoms with Gasteiger partial charge in [-0.2, -0.15) is 0 Å². The summed E-state index contributed by atoms with van der Waals surface area (Å²) < 4.78 is 10.8. The molecule has 0 aliphatic carbocycles. The van der Waals surface area contributed by atoms with Gasteiger partial charge in [-0.1, -0.05) is 35.3 Å². The van der Waals surface area contributed by atoms with E-state index in [0.717, 1.165) is 0 Å². The van der Waals surface area contributed by atoms with Gasteiger partial charge in [0.25, 0.3) is 0 Å². The molecule has 2 aromatic heterocycles. The largest absolute Gasteiger partial charge is 0.477 e. The number of carboxylic acids is 2. The quantitative estimate of drug-likeness (QED) is 0.311. The molecular weight excluding hydrogens is 483 g/mol. The van der Waals surface area contributed by atoms with E-state index in [1.54, 1.807) is 48.5 Å². The topological polar surface area (TPSA) is 119 Å². The van der Waals surface area contributed by atoms with Crippen molar-refractivity contribution in [3.05, 3.63) is 106 Å². The Labute approximate surface area is 204 Å². The Morgan fingerprint density at radius 3 is 1.41 bits per heavy atom. The van der Waals surface area contributed by atoms with Crippen LogP contribution in [-0.4, -0.2) is 32.1 Å². The Kier molecular flexibility index (Phi) is 8.39. The highest BCUT2D eigenvalue weighted by Gasteiger charge is 2.13. The van der Waals surface area contributed by atoms with Gasteiger partial charge in [-0.15, -0.1) is 0 Å². The second-order valence-electron chi connectivity index (χ2n) is 6.44. The van der Waals surface area contributed by atoms with Crippen molar-refractivity contribution in [1.29, 1.82) is 0 Å². The molecule has 0 amide bonds. The lowest BCUT2D eigenvalue weighted by molar-refractivity contribution is 0.0682. The number of aromatic carboxylic acids is 2. The first-order chi connectivity index (χ1) is 16.3. The van der Waals surface area contributed by atoms with Gasteiger partial charge in [0.15, 0.2) is 0 Å². The zero-order valence-corrected chi connectivity index (χ0v) is 18.8. The Hall–Kier alpha value is -4.14. The van der Waals surface area contributed by atoms with E-state index in [2.05, 4.69) is 9.97 Å². The summed E-state index contributed by atoms with van der Waals surface area (Å²) in [6.07, 6.45) is 2.93. The van der Waals surface area contributed by atoms with E-state index in [1.807, 2.05) is 0 Å². The van der Waals surface area contributed by atoms with Crippen molar-refractivity contribution in [3.8, 4) is 23.3 Å². The van der Waals surface area contributed by atoms with Gasteiger partial charge in [-0.25, -0.2) is 19.6 Å². The molecule has 0 fully saturated rings. The van der Waals surface area contributed by atoms with Crippen LogP contribution in [0.1, 0.15) is 20.7 Å². The van der Waals surface area contributed by atoms with E-state index in [9.17, 15) is 9.59 Å². The molecule has 0 saturated carbocycles. The monoisotopic (exact) mass is 498 g/mol. The van der Waals surface area contributed by atoms with Crippen LogP contribution in [0.5, 0.6) is 23.3 Å². The summed E-state index contributed by atoms with van der Waals surface area (Å²) in [6.45, 7) is 0. The molecule has 0 radical (unpaired) electrons. The summed E-state index contributed by atoms with van der Waals surface area (Å²) in [5.41, 5.74) is 0.0138. The predicted octanol–water partition coefficient (Wildman–Crippen LogP) is 6.45. The maximum atomic E-state index is 10.9. The highest BCUT2D eigenvalue weighted by atomic mass is 35.5. The number of halogens is 2. The molecule has 0 saturated heterocycles. The first-order valence-electron chi connectivity index (χ1n) is 9.57. The fraction of sp³-hybridized carbons (Fsp3) is 0. The summed E-state index contributed by atoms with van der Waals surface area (Å²) >= 11 is 11.6. The molecule has 0 unspecified atom stereocenters. The lowest BCUT2D eigenvalue weighted by Crippen LogP contribution is -2.01. The van der Waals surface area contributed by atoms with Gasteiger partial charge < -0.3 is 19.7 Å². The smallest absolute Gasteiger partial charge is 0.341 e. The summed E-state index contributed by atoms with van der Waals surface area (Å²) in [7, 11) is 0. The maximum absolute atomic E-state index is 10.9. The van der Waals surface area contributed by atoms with Crippen LogP contribution in [0.15, 0.2) is 85.2 Å². The van der Waals surface area contributed by atoms with Crippen molar-refractivity contribution < 1.29 is 29.3 Å². The van der Waals surface area contributed by atoms with Crippen LogP contribution in [0, 0.1) is 0 Å². The third-order valence-electron chi connectivity index (χ3n) is 4.02. The molecule has 0 atom stereocenters. The molecular formula is C24H16Cl2N2O6. The minimum absolute atomic E-state index is 0.00692. The van der Waals surface area contributed by atoms with Crippen LogP contribution in [0.2, 0.25) is 10.0 Å². The average molecular weight is 499 g/mol. The number of nitrogens with zero attached hydrogens (tertiary/aromatic N) is 2. The number of hydrogen-bond acceptors (Lipinski definition) is 6. The number of pyridine rings is 2. The Morgan fingerprint density at radius 1 is 0.647 bits per heavy atom. The molecule has 0 bridgehead atoms. The number of ether oxygens (including phenoxy) is 2. The van der Waals surface area contributed by atoms with E-state index in [4.69, 9.17) is 42.9 Å². The van der Waals surface area contributed by atoms with Crippen molar-refractivity contribution in [3.63, 3.8) is 0 Å². The van der Waals surface area contributed by atoms with Gasteiger partial charge in [0.05, 0.1) is 0 Å². The highest BCUT2D eigenvalue weighted by Crippen LogP contribution is 2.26. The van der Waals surface area contributed by atoms with E-state index in [0.29, 0.717) is 21.5 Å². The summed E-state index contributed by atoms with van der Waals surface area (Å²) in [5, 5.41) is 18.9. The lowest BCUT2D eigenvalue weighted by Gasteiger charge is -2.06. The minimum atomic E-state index is -1.09. The number of hydrogen-bond donors (Lipinski definition) is 2. The third kappa shape index (κ3) is 6.93. The molecule has 4 rings (SSSR count). The minimum Gasteiger partial charge on any atom is -0.477 e. The molecule has 172 valence electrons. The molecule has 2 aromatic carbocycles.